The lowest BCUT2D eigenvalue weighted by Gasteiger charge is -2.08. The summed E-state index contributed by atoms with van der Waals surface area (Å²) in [7, 11) is 0. The molecule has 4 N–H and O–H groups in total. The zero-order valence-electron chi connectivity index (χ0n) is 9.61. The molecule has 2 aromatic rings. The van der Waals surface area contributed by atoms with Crippen molar-refractivity contribution in [1.82, 2.24) is 15.3 Å². The number of amides is 1. The molecule has 1 amide bonds. The highest BCUT2D eigenvalue weighted by Gasteiger charge is 2.13. The van der Waals surface area contributed by atoms with Crippen molar-refractivity contribution in [2.24, 2.45) is 0 Å². The van der Waals surface area contributed by atoms with Crippen LogP contribution >= 0.6 is 11.6 Å². The van der Waals surface area contributed by atoms with E-state index in [4.69, 9.17) is 17.3 Å². The Kier molecular flexibility index (Phi) is 3.84. The molecule has 1 aromatic carbocycles. The minimum Gasteiger partial charge on any atom is -0.398 e. The van der Waals surface area contributed by atoms with Gasteiger partial charge in [-0.15, -0.1) is 0 Å². The van der Waals surface area contributed by atoms with Gasteiger partial charge in [0.1, 0.15) is 0 Å². The number of hydrogen-bond donors (Lipinski definition) is 3. The van der Waals surface area contributed by atoms with Gasteiger partial charge in [0, 0.05) is 30.5 Å². The fourth-order valence-corrected chi connectivity index (χ4v) is 1.87. The summed E-state index contributed by atoms with van der Waals surface area (Å²) in [5, 5.41) is 3.12. The van der Waals surface area contributed by atoms with Crippen molar-refractivity contribution in [3.63, 3.8) is 0 Å². The van der Waals surface area contributed by atoms with Gasteiger partial charge in [-0.2, -0.15) is 0 Å². The summed E-state index contributed by atoms with van der Waals surface area (Å²) in [4.78, 5) is 18.8. The minimum absolute atomic E-state index is 0.266. The van der Waals surface area contributed by atoms with Crippen LogP contribution in [0.2, 0.25) is 5.02 Å². The number of rotatable bonds is 4. The van der Waals surface area contributed by atoms with Gasteiger partial charge in [-0.1, -0.05) is 17.7 Å². The van der Waals surface area contributed by atoms with Crippen molar-refractivity contribution in [3.8, 4) is 0 Å². The van der Waals surface area contributed by atoms with Crippen LogP contribution in [-0.4, -0.2) is 22.4 Å². The number of nitrogens with zero attached hydrogens (tertiary/aromatic N) is 1. The lowest BCUT2D eigenvalue weighted by molar-refractivity contribution is 0.0955. The smallest absolute Gasteiger partial charge is 0.254 e. The van der Waals surface area contributed by atoms with Gasteiger partial charge in [0.15, 0.2) is 0 Å². The molecule has 6 heteroatoms. The van der Waals surface area contributed by atoms with E-state index in [0.29, 0.717) is 29.2 Å². The predicted molar refractivity (Wildman–Crippen MR) is 70.5 cm³/mol. The molecule has 0 aliphatic heterocycles. The molecule has 1 aromatic heterocycles. The molecule has 0 fully saturated rings. The quantitative estimate of drug-likeness (QED) is 0.734. The van der Waals surface area contributed by atoms with Crippen molar-refractivity contribution in [1.29, 1.82) is 0 Å². The van der Waals surface area contributed by atoms with Crippen molar-refractivity contribution in [3.05, 3.63) is 47.0 Å². The Morgan fingerprint density at radius 1 is 1.50 bits per heavy atom. The van der Waals surface area contributed by atoms with Gasteiger partial charge >= 0.3 is 0 Å². The Balaban J connectivity index is 1.96. The van der Waals surface area contributed by atoms with Crippen LogP contribution in [0.3, 0.4) is 0 Å². The number of H-pyrrole nitrogens is 1. The van der Waals surface area contributed by atoms with E-state index < -0.39 is 0 Å². The SMILES string of the molecule is Nc1cccc(Cl)c1C(=O)NCCc1cnc[nH]1. The summed E-state index contributed by atoms with van der Waals surface area (Å²) in [6.07, 6.45) is 4.00. The standard InChI is InChI=1S/C12H13ClN4O/c13-9-2-1-3-10(14)11(9)12(18)16-5-4-8-6-15-7-17-8/h1-3,6-7H,4-5,14H2,(H,15,17)(H,16,18). The van der Waals surface area contributed by atoms with E-state index >= 15 is 0 Å². The van der Waals surface area contributed by atoms with E-state index in [0.717, 1.165) is 5.69 Å². The first kappa shape index (κ1) is 12.4. The van der Waals surface area contributed by atoms with Gasteiger partial charge in [0.25, 0.3) is 5.91 Å². The highest BCUT2D eigenvalue weighted by molar-refractivity contribution is 6.34. The van der Waals surface area contributed by atoms with E-state index in [1.54, 1.807) is 30.7 Å². The van der Waals surface area contributed by atoms with E-state index in [1.807, 2.05) is 0 Å². The Morgan fingerprint density at radius 3 is 3.00 bits per heavy atom. The van der Waals surface area contributed by atoms with Gasteiger partial charge < -0.3 is 16.0 Å². The fourth-order valence-electron chi connectivity index (χ4n) is 1.60. The van der Waals surface area contributed by atoms with Crippen molar-refractivity contribution < 1.29 is 4.79 Å². The molecule has 0 saturated heterocycles. The normalized spacial score (nSPS) is 10.3. The van der Waals surface area contributed by atoms with E-state index in [2.05, 4.69) is 15.3 Å². The summed E-state index contributed by atoms with van der Waals surface area (Å²) in [5.41, 5.74) is 7.39. The van der Waals surface area contributed by atoms with Crippen molar-refractivity contribution >= 4 is 23.2 Å². The van der Waals surface area contributed by atoms with Crippen LogP contribution in [0.1, 0.15) is 16.1 Å². The molecule has 0 unspecified atom stereocenters. The van der Waals surface area contributed by atoms with E-state index in [1.165, 1.54) is 0 Å². The molecular formula is C12H13ClN4O. The highest BCUT2D eigenvalue weighted by Crippen LogP contribution is 2.21. The predicted octanol–water partition coefficient (Wildman–Crippen LogP) is 1.62. The molecule has 0 aliphatic carbocycles. The number of halogens is 1. The molecule has 18 heavy (non-hydrogen) atoms. The zero-order chi connectivity index (χ0) is 13.0. The van der Waals surface area contributed by atoms with Crippen LogP contribution in [0.15, 0.2) is 30.7 Å². The van der Waals surface area contributed by atoms with Crippen LogP contribution in [0.25, 0.3) is 0 Å². The minimum atomic E-state index is -0.266. The van der Waals surface area contributed by atoms with Crippen LogP contribution in [0.4, 0.5) is 5.69 Å². The molecular weight excluding hydrogens is 252 g/mol. The lowest BCUT2D eigenvalue weighted by Crippen LogP contribution is -2.26. The topological polar surface area (TPSA) is 83.8 Å². The lowest BCUT2D eigenvalue weighted by atomic mass is 10.1. The molecule has 1 heterocycles. The van der Waals surface area contributed by atoms with Gasteiger partial charge in [-0.25, -0.2) is 4.98 Å². The molecule has 0 radical (unpaired) electrons. The molecule has 2 rings (SSSR count). The number of hydrogen-bond acceptors (Lipinski definition) is 3. The second-order valence-corrected chi connectivity index (χ2v) is 4.19. The first-order valence-corrected chi connectivity index (χ1v) is 5.85. The Labute approximate surface area is 109 Å². The number of carbonyl (C=O) groups excluding carboxylic acids is 1. The number of nitrogen functional groups attached to an aromatic ring is 1. The molecule has 0 atom stereocenters. The van der Waals surface area contributed by atoms with Crippen LogP contribution in [-0.2, 0) is 6.42 Å². The van der Waals surface area contributed by atoms with Crippen LogP contribution in [0.5, 0.6) is 0 Å². The van der Waals surface area contributed by atoms with E-state index in [-0.39, 0.29) is 5.91 Å². The Morgan fingerprint density at radius 2 is 2.33 bits per heavy atom. The first-order chi connectivity index (χ1) is 8.68. The monoisotopic (exact) mass is 264 g/mol. The Hall–Kier alpha value is -2.01. The maximum atomic E-state index is 11.9. The summed E-state index contributed by atoms with van der Waals surface area (Å²) in [6, 6.07) is 5.00. The average Bonchev–Trinajstić information content (AvgIpc) is 2.82. The van der Waals surface area contributed by atoms with Crippen molar-refractivity contribution in [2.75, 3.05) is 12.3 Å². The molecule has 0 aliphatic rings. The molecule has 0 spiro atoms. The third-order valence-corrected chi connectivity index (χ3v) is 2.82. The number of anilines is 1. The number of benzene rings is 1. The zero-order valence-corrected chi connectivity index (χ0v) is 10.4. The number of nitrogens with two attached hydrogens (primary N) is 1. The van der Waals surface area contributed by atoms with Crippen LogP contribution < -0.4 is 11.1 Å². The third-order valence-electron chi connectivity index (χ3n) is 2.51. The second-order valence-electron chi connectivity index (χ2n) is 3.79. The summed E-state index contributed by atoms with van der Waals surface area (Å²) in [5.74, 6) is -0.266. The number of nitrogens with one attached hydrogen (secondary N) is 2. The Bertz CT molecular complexity index is 519. The highest BCUT2D eigenvalue weighted by atomic mass is 35.5. The van der Waals surface area contributed by atoms with E-state index in [9.17, 15) is 4.79 Å². The maximum absolute atomic E-state index is 11.9. The number of imidazole rings is 1. The van der Waals surface area contributed by atoms with Gasteiger partial charge in [0.2, 0.25) is 0 Å². The van der Waals surface area contributed by atoms with Crippen molar-refractivity contribution in [2.45, 2.75) is 6.42 Å². The summed E-state index contributed by atoms with van der Waals surface area (Å²) >= 11 is 5.95. The number of aromatic nitrogens is 2. The van der Waals surface area contributed by atoms with Crippen LogP contribution in [0, 0.1) is 0 Å². The largest absolute Gasteiger partial charge is 0.398 e. The molecule has 94 valence electrons. The number of carbonyl (C=O) groups is 1. The second kappa shape index (κ2) is 5.55. The first-order valence-electron chi connectivity index (χ1n) is 5.48. The maximum Gasteiger partial charge on any atom is 0.254 e. The fraction of sp³-hybridized carbons (Fsp3) is 0.167. The summed E-state index contributed by atoms with van der Waals surface area (Å²) in [6.45, 7) is 0.492. The summed E-state index contributed by atoms with van der Waals surface area (Å²) < 4.78 is 0. The number of aromatic amines is 1. The molecule has 0 saturated carbocycles. The molecule has 0 bridgehead atoms. The third kappa shape index (κ3) is 2.81. The average molecular weight is 265 g/mol. The van der Waals surface area contributed by atoms with Gasteiger partial charge in [-0.05, 0) is 12.1 Å². The molecule has 5 nitrogen and oxygen atoms in total. The van der Waals surface area contributed by atoms with Gasteiger partial charge in [0.05, 0.1) is 16.9 Å². The van der Waals surface area contributed by atoms with Gasteiger partial charge in [-0.3, -0.25) is 4.79 Å².